The number of rotatable bonds is 55. The number of allylic oxidation sites excluding steroid dienone is 7. The lowest BCUT2D eigenvalue weighted by molar-refractivity contribution is -0.123. The summed E-state index contributed by atoms with van der Waals surface area (Å²) >= 11 is 0. The van der Waals surface area contributed by atoms with E-state index < -0.39 is 12.1 Å². The molecule has 0 aliphatic heterocycles. The molecule has 0 aromatic rings. The molecule has 1 amide bonds. The molecule has 2 unspecified atom stereocenters. The molecule has 0 aromatic carbocycles. The zero-order valence-electron chi connectivity index (χ0n) is 44.7. The van der Waals surface area contributed by atoms with Gasteiger partial charge in [0.25, 0.3) is 0 Å². The molecule has 0 rings (SSSR count). The van der Waals surface area contributed by atoms with Crippen LogP contribution in [0, 0.1) is 0 Å². The van der Waals surface area contributed by atoms with Crippen LogP contribution in [0.25, 0.3) is 0 Å². The molecule has 2 atom stereocenters. The number of nitrogens with one attached hydrogen (secondary N) is 1. The van der Waals surface area contributed by atoms with Gasteiger partial charge in [-0.25, -0.2) is 0 Å². The molecule has 388 valence electrons. The summed E-state index contributed by atoms with van der Waals surface area (Å²) in [5.41, 5.74) is 0. The van der Waals surface area contributed by atoms with E-state index in [-0.39, 0.29) is 12.5 Å². The largest absolute Gasteiger partial charge is 0.394 e. The van der Waals surface area contributed by atoms with Crippen molar-refractivity contribution in [2.24, 2.45) is 0 Å². The second kappa shape index (κ2) is 57.7. The smallest absolute Gasteiger partial charge is 0.220 e. The molecule has 0 heterocycles. The molecule has 0 saturated carbocycles. The van der Waals surface area contributed by atoms with Crippen molar-refractivity contribution < 1.29 is 15.0 Å². The lowest BCUT2D eigenvalue weighted by Crippen LogP contribution is -2.45. The highest BCUT2D eigenvalue weighted by atomic mass is 16.3. The van der Waals surface area contributed by atoms with E-state index in [4.69, 9.17) is 0 Å². The summed E-state index contributed by atoms with van der Waals surface area (Å²) in [4.78, 5) is 12.4. The fraction of sp³-hybridized carbons (Fsp3) is 0.855. The third kappa shape index (κ3) is 53.3. The molecule has 0 bridgehead atoms. The lowest BCUT2D eigenvalue weighted by atomic mass is 10.0. The van der Waals surface area contributed by atoms with Gasteiger partial charge in [-0.15, -0.1) is 0 Å². The first-order valence-electron chi connectivity index (χ1n) is 29.9. The molecule has 0 radical (unpaired) electrons. The van der Waals surface area contributed by atoms with E-state index in [9.17, 15) is 15.0 Å². The number of hydrogen-bond donors (Lipinski definition) is 3. The van der Waals surface area contributed by atoms with Crippen LogP contribution in [0.4, 0.5) is 0 Å². The standard InChI is InChI=1S/C62H117NO3/c1-3-5-7-9-11-13-15-17-19-20-21-22-23-24-25-26-27-28-29-30-31-32-33-34-35-36-37-38-39-40-41-42-44-46-48-50-52-54-56-58-62(66)63-60(59-64)61(65)57-55-53-51-49-47-45-43-18-16-14-12-10-8-6-4-2/h16,18,30-31,47,49,55,57,60-61,64-65H,3-15,17,19-29,32-46,48,50-54,56,58-59H2,1-2H3,(H,63,66)/b18-16+,31-30-,49-47+,57-55+. The summed E-state index contributed by atoms with van der Waals surface area (Å²) in [6, 6.07) is -0.645. The number of aliphatic hydroxyl groups is 2. The average molecular weight is 925 g/mol. The van der Waals surface area contributed by atoms with Crippen LogP contribution < -0.4 is 5.32 Å². The van der Waals surface area contributed by atoms with Crippen molar-refractivity contribution in [1.29, 1.82) is 0 Å². The Labute approximate surface area is 414 Å². The minimum atomic E-state index is -0.870. The van der Waals surface area contributed by atoms with Gasteiger partial charge in [0.2, 0.25) is 5.91 Å². The maximum absolute atomic E-state index is 12.4. The SMILES string of the molecule is CCCCCCC/C=C/CC/C=C/CC/C=C/C(O)C(CO)NC(=O)CCCCCCCCCCCCCCCCCCC/C=C\CCCCCCCCCCCCCCCCCCCC. The molecule has 0 saturated heterocycles. The van der Waals surface area contributed by atoms with E-state index in [0.717, 1.165) is 38.5 Å². The minimum Gasteiger partial charge on any atom is -0.394 e. The Morgan fingerprint density at radius 1 is 0.348 bits per heavy atom. The van der Waals surface area contributed by atoms with E-state index >= 15 is 0 Å². The van der Waals surface area contributed by atoms with Crippen molar-refractivity contribution in [2.45, 2.75) is 334 Å². The predicted molar refractivity (Wildman–Crippen MR) is 295 cm³/mol. The highest BCUT2D eigenvalue weighted by molar-refractivity contribution is 5.76. The molecule has 3 N–H and O–H groups in total. The molecular formula is C62H117NO3. The van der Waals surface area contributed by atoms with Crippen LogP contribution in [0.15, 0.2) is 48.6 Å². The molecule has 0 fully saturated rings. The van der Waals surface area contributed by atoms with Gasteiger partial charge in [0.05, 0.1) is 18.8 Å². The van der Waals surface area contributed by atoms with E-state index in [1.165, 1.54) is 263 Å². The highest BCUT2D eigenvalue weighted by Gasteiger charge is 2.18. The fourth-order valence-corrected chi connectivity index (χ4v) is 9.21. The monoisotopic (exact) mass is 924 g/mol. The summed E-state index contributed by atoms with van der Waals surface area (Å²) in [7, 11) is 0. The van der Waals surface area contributed by atoms with Crippen LogP contribution >= 0.6 is 0 Å². The van der Waals surface area contributed by atoms with Crippen molar-refractivity contribution in [3.05, 3.63) is 48.6 Å². The van der Waals surface area contributed by atoms with Gasteiger partial charge in [0.15, 0.2) is 0 Å². The topological polar surface area (TPSA) is 69.6 Å². The second-order valence-corrected chi connectivity index (χ2v) is 20.4. The van der Waals surface area contributed by atoms with Gasteiger partial charge in [0.1, 0.15) is 0 Å². The van der Waals surface area contributed by atoms with Gasteiger partial charge in [-0.1, -0.05) is 294 Å². The third-order valence-corrected chi connectivity index (χ3v) is 13.8. The van der Waals surface area contributed by atoms with Crippen molar-refractivity contribution >= 4 is 5.91 Å². The molecule has 0 aliphatic carbocycles. The van der Waals surface area contributed by atoms with Crippen LogP contribution in [0.2, 0.25) is 0 Å². The maximum atomic E-state index is 12.4. The highest BCUT2D eigenvalue weighted by Crippen LogP contribution is 2.17. The average Bonchev–Trinajstić information content (AvgIpc) is 3.32. The molecule has 4 heteroatoms. The van der Waals surface area contributed by atoms with Crippen LogP contribution in [0.5, 0.6) is 0 Å². The Morgan fingerprint density at radius 3 is 0.879 bits per heavy atom. The number of hydrogen-bond acceptors (Lipinski definition) is 3. The van der Waals surface area contributed by atoms with E-state index in [2.05, 4.69) is 55.6 Å². The molecule has 0 spiro atoms. The molecule has 0 aliphatic rings. The number of carbonyl (C=O) groups excluding carboxylic acids is 1. The molecule has 4 nitrogen and oxygen atoms in total. The Hall–Kier alpha value is -1.65. The summed E-state index contributed by atoms with van der Waals surface area (Å²) in [6.07, 6.45) is 80.2. The Balaban J connectivity index is 3.42. The normalized spacial score (nSPS) is 13.1. The van der Waals surface area contributed by atoms with Crippen LogP contribution in [-0.4, -0.2) is 34.9 Å². The van der Waals surface area contributed by atoms with Crippen molar-refractivity contribution in [3.63, 3.8) is 0 Å². The number of amides is 1. The quantitative estimate of drug-likeness (QED) is 0.0420. The second-order valence-electron chi connectivity index (χ2n) is 20.4. The van der Waals surface area contributed by atoms with Crippen LogP contribution in [0.1, 0.15) is 322 Å². The van der Waals surface area contributed by atoms with Gasteiger partial charge < -0.3 is 15.5 Å². The molecule has 0 aromatic heterocycles. The van der Waals surface area contributed by atoms with E-state index in [1.807, 2.05) is 6.08 Å². The van der Waals surface area contributed by atoms with Gasteiger partial charge in [-0.3, -0.25) is 4.79 Å². The van der Waals surface area contributed by atoms with Gasteiger partial charge in [0, 0.05) is 6.42 Å². The maximum Gasteiger partial charge on any atom is 0.220 e. The first-order valence-corrected chi connectivity index (χ1v) is 29.9. The summed E-state index contributed by atoms with van der Waals surface area (Å²) in [6.45, 7) is 4.30. The molecule has 66 heavy (non-hydrogen) atoms. The van der Waals surface area contributed by atoms with E-state index in [1.54, 1.807) is 6.08 Å². The lowest BCUT2D eigenvalue weighted by Gasteiger charge is -2.19. The van der Waals surface area contributed by atoms with Crippen LogP contribution in [0.3, 0.4) is 0 Å². The number of unbranched alkanes of at least 4 members (excludes halogenated alkanes) is 42. The Bertz CT molecular complexity index is 1050. The van der Waals surface area contributed by atoms with Gasteiger partial charge >= 0.3 is 0 Å². The minimum absolute atomic E-state index is 0.0748. The zero-order valence-corrected chi connectivity index (χ0v) is 44.7. The van der Waals surface area contributed by atoms with Crippen molar-refractivity contribution in [1.82, 2.24) is 5.32 Å². The van der Waals surface area contributed by atoms with Crippen molar-refractivity contribution in [3.8, 4) is 0 Å². The van der Waals surface area contributed by atoms with Crippen molar-refractivity contribution in [2.75, 3.05) is 6.61 Å². The Kier molecular flexibility index (Phi) is 56.2. The number of aliphatic hydroxyl groups excluding tert-OH is 2. The zero-order chi connectivity index (χ0) is 47.7. The van der Waals surface area contributed by atoms with Gasteiger partial charge in [-0.05, 0) is 70.6 Å². The summed E-state index contributed by atoms with van der Waals surface area (Å²) < 4.78 is 0. The summed E-state index contributed by atoms with van der Waals surface area (Å²) in [5.74, 6) is -0.0748. The summed E-state index contributed by atoms with van der Waals surface area (Å²) in [5, 5.41) is 23.1. The molecular weight excluding hydrogens is 807 g/mol. The third-order valence-electron chi connectivity index (χ3n) is 13.8. The van der Waals surface area contributed by atoms with Gasteiger partial charge in [-0.2, -0.15) is 0 Å². The van der Waals surface area contributed by atoms with E-state index in [0.29, 0.717) is 6.42 Å². The fourth-order valence-electron chi connectivity index (χ4n) is 9.21. The van der Waals surface area contributed by atoms with Crippen LogP contribution in [-0.2, 0) is 4.79 Å². The first-order chi connectivity index (χ1) is 32.7. The first kappa shape index (κ1) is 64.3. The number of carbonyl (C=O) groups is 1. The predicted octanol–water partition coefficient (Wildman–Crippen LogP) is 19.8. The Morgan fingerprint density at radius 2 is 0.591 bits per heavy atom.